The van der Waals surface area contributed by atoms with E-state index < -0.39 is 24.0 Å². The van der Waals surface area contributed by atoms with Crippen LogP contribution in [0.2, 0.25) is 0 Å². The highest BCUT2D eigenvalue weighted by Gasteiger charge is 2.45. The standard InChI is InChI=1S/C31H35NO4/c1-21-13-15-24(16-14-21)18-27(29(33)22(2)36-20-25-11-7-4-8-12-25)30(34)28-26(19-32-31(28)35)17-23-9-5-3-6-10-23/h3-16,22,26-29,33H,17-20H2,1-2H3,(H,32,35)/t22-,26?,27+,28+,29-/m0/s1. The SMILES string of the molecule is Cc1ccc(C[C@@H](C(=O)[C@@H]2C(=O)NCC2Cc2ccccc2)[C@@H](O)[C@H](C)OCc2ccccc2)cc1. The van der Waals surface area contributed by atoms with Crippen molar-refractivity contribution in [2.24, 2.45) is 17.8 Å². The zero-order chi connectivity index (χ0) is 25.5. The summed E-state index contributed by atoms with van der Waals surface area (Å²) >= 11 is 0. The lowest BCUT2D eigenvalue weighted by molar-refractivity contribution is -0.141. The van der Waals surface area contributed by atoms with Gasteiger partial charge < -0.3 is 15.2 Å². The van der Waals surface area contributed by atoms with E-state index in [9.17, 15) is 14.7 Å². The first-order chi connectivity index (χ1) is 17.4. The Morgan fingerprint density at radius 2 is 1.56 bits per heavy atom. The van der Waals surface area contributed by atoms with Gasteiger partial charge in [-0.3, -0.25) is 9.59 Å². The number of hydrogen-bond acceptors (Lipinski definition) is 4. The van der Waals surface area contributed by atoms with Crippen LogP contribution in [0.4, 0.5) is 0 Å². The van der Waals surface area contributed by atoms with Crippen molar-refractivity contribution in [2.45, 2.75) is 45.5 Å². The molecule has 0 aliphatic carbocycles. The van der Waals surface area contributed by atoms with Crippen LogP contribution in [0.5, 0.6) is 0 Å². The Morgan fingerprint density at radius 3 is 2.19 bits per heavy atom. The van der Waals surface area contributed by atoms with Gasteiger partial charge in [-0.1, -0.05) is 90.5 Å². The maximum atomic E-state index is 14.0. The lowest BCUT2D eigenvalue weighted by Crippen LogP contribution is -2.44. The number of nitrogens with one attached hydrogen (secondary N) is 1. The molecule has 3 aromatic rings. The van der Waals surface area contributed by atoms with Gasteiger partial charge in [-0.15, -0.1) is 0 Å². The highest BCUT2D eigenvalue weighted by Crippen LogP contribution is 2.30. The normalized spacial score (nSPS) is 19.9. The Labute approximate surface area is 213 Å². The molecule has 5 atom stereocenters. The maximum Gasteiger partial charge on any atom is 0.230 e. The zero-order valence-corrected chi connectivity index (χ0v) is 21.0. The van der Waals surface area contributed by atoms with E-state index in [0.717, 1.165) is 22.3 Å². The van der Waals surface area contributed by atoms with E-state index in [-0.39, 0.29) is 17.6 Å². The van der Waals surface area contributed by atoms with Crippen molar-refractivity contribution < 1.29 is 19.4 Å². The Balaban J connectivity index is 1.54. The fourth-order valence-corrected chi connectivity index (χ4v) is 4.97. The molecule has 3 aromatic carbocycles. The second kappa shape index (κ2) is 12.1. The van der Waals surface area contributed by atoms with Crippen LogP contribution in [0.15, 0.2) is 84.9 Å². The molecule has 5 nitrogen and oxygen atoms in total. The van der Waals surface area contributed by atoms with Gasteiger partial charge in [0.05, 0.1) is 24.7 Å². The molecule has 0 spiro atoms. The number of hydrogen-bond donors (Lipinski definition) is 2. The second-order valence-electron chi connectivity index (χ2n) is 9.86. The van der Waals surface area contributed by atoms with E-state index in [2.05, 4.69) is 5.32 Å². The first-order valence-electron chi connectivity index (χ1n) is 12.7. The number of rotatable bonds is 11. The van der Waals surface area contributed by atoms with Crippen molar-refractivity contribution >= 4 is 11.7 Å². The number of amides is 1. The van der Waals surface area contributed by atoms with Gasteiger partial charge in [0.15, 0.2) is 5.78 Å². The van der Waals surface area contributed by atoms with Gasteiger partial charge in [0.1, 0.15) is 5.92 Å². The van der Waals surface area contributed by atoms with Gasteiger partial charge in [0, 0.05) is 6.54 Å². The third-order valence-corrected chi connectivity index (χ3v) is 7.13. The molecule has 0 aromatic heterocycles. The Morgan fingerprint density at radius 1 is 0.944 bits per heavy atom. The zero-order valence-electron chi connectivity index (χ0n) is 21.0. The quantitative estimate of drug-likeness (QED) is 0.397. The molecule has 0 bridgehead atoms. The van der Waals surface area contributed by atoms with E-state index in [1.807, 2.05) is 91.9 Å². The Kier molecular flexibility index (Phi) is 8.68. The molecule has 1 saturated heterocycles. The van der Waals surface area contributed by atoms with Gasteiger partial charge >= 0.3 is 0 Å². The van der Waals surface area contributed by atoms with Crippen LogP contribution in [-0.2, 0) is 33.8 Å². The molecule has 1 unspecified atom stereocenters. The molecule has 0 saturated carbocycles. The number of carbonyl (C=O) groups excluding carboxylic acids is 2. The molecule has 2 N–H and O–H groups in total. The van der Waals surface area contributed by atoms with Crippen molar-refractivity contribution in [1.82, 2.24) is 5.32 Å². The first-order valence-corrected chi connectivity index (χ1v) is 12.7. The number of aliphatic hydroxyl groups excluding tert-OH is 1. The van der Waals surface area contributed by atoms with E-state index in [4.69, 9.17) is 4.74 Å². The number of aliphatic hydroxyl groups is 1. The number of aryl methyl sites for hydroxylation is 1. The van der Waals surface area contributed by atoms with Crippen LogP contribution >= 0.6 is 0 Å². The minimum Gasteiger partial charge on any atom is -0.390 e. The molecular formula is C31H35NO4. The molecule has 1 heterocycles. The van der Waals surface area contributed by atoms with Crippen molar-refractivity contribution in [3.05, 3.63) is 107 Å². The van der Waals surface area contributed by atoms with Gasteiger partial charge in [-0.25, -0.2) is 0 Å². The summed E-state index contributed by atoms with van der Waals surface area (Å²) in [5.74, 6) is -2.17. The van der Waals surface area contributed by atoms with Gasteiger partial charge in [-0.2, -0.15) is 0 Å². The number of carbonyl (C=O) groups is 2. The highest BCUT2D eigenvalue weighted by molar-refractivity contribution is 6.04. The number of ether oxygens (including phenoxy) is 1. The predicted molar refractivity (Wildman–Crippen MR) is 140 cm³/mol. The summed E-state index contributed by atoms with van der Waals surface area (Å²) in [6, 6.07) is 27.6. The fourth-order valence-electron chi connectivity index (χ4n) is 4.97. The molecule has 4 rings (SSSR count). The van der Waals surface area contributed by atoms with E-state index in [0.29, 0.717) is 26.0 Å². The minimum atomic E-state index is -1.05. The molecule has 1 amide bonds. The summed E-state index contributed by atoms with van der Waals surface area (Å²) < 4.78 is 5.99. The molecule has 5 heteroatoms. The molecule has 1 aliphatic heterocycles. The Bertz CT molecular complexity index is 1130. The molecule has 1 aliphatic rings. The lowest BCUT2D eigenvalue weighted by Gasteiger charge is -2.30. The van der Waals surface area contributed by atoms with Gasteiger partial charge in [0.25, 0.3) is 0 Å². The van der Waals surface area contributed by atoms with Gasteiger partial charge in [0.2, 0.25) is 5.91 Å². The largest absolute Gasteiger partial charge is 0.390 e. The van der Waals surface area contributed by atoms with Crippen LogP contribution in [0, 0.1) is 24.7 Å². The summed E-state index contributed by atoms with van der Waals surface area (Å²) in [6.07, 6.45) is -0.653. The first kappa shape index (κ1) is 25.8. The summed E-state index contributed by atoms with van der Waals surface area (Å²) in [7, 11) is 0. The van der Waals surface area contributed by atoms with E-state index >= 15 is 0 Å². The van der Waals surface area contributed by atoms with Crippen LogP contribution < -0.4 is 5.32 Å². The van der Waals surface area contributed by atoms with Crippen molar-refractivity contribution in [3.63, 3.8) is 0 Å². The van der Waals surface area contributed by atoms with Crippen LogP contribution in [0.25, 0.3) is 0 Å². The van der Waals surface area contributed by atoms with Crippen LogP contribution in [-0.4, -0.2) is 35.5 Å². The van der Waals surface area contributed by atoms with Crippen molar-refractivity contribution in [1.29, 1.82) is 0 Å². The molecule has 1 fully saturated rings. The van der Waals surface area contributed by atoms with Crippen molar-refractivity contribution in [2.75, 3.05) is 6.54 Å². The maximum absolute atomic E-state index is 14.0. The second-order valence-corrected chi connectivity index (χ2v) is 9.86. The summed E-state index contributed by atoms with van der Waals surface area (Å²) in [6.45, 7) is 4.60. The summed E-state index contributed by atoms with van der Waals surface area (Å²) in [4.78, 5) is 26.8. The number of benzene rings is 3. The topological polar surface area (TPSA) is 75.6 Å². The average Bonchev–Trinajstić information content (AvgIpc) is 3.26. The average molecular weight is 486 g/mol. The number of Topliss-reactive ketones (excluding diaryl/α,β-unsaturated/α-hetero) is 1. The third kappa shape index (κ3) is 6.48. The fraction of sp³-hybridized carbons (Fsp3) is 0.355. The molecular weight excluding hydrogens is 450 g/mol. The minimum absolute atomic E-state index is 0.152. The monoisotopic (exact) mass is 485 g/mol. The van der Waals surface area contributed by atoms with Crippen LogP contribution in [0.1, 0.15) is 29.2 Å². The predicted octanol–water partition coefficient (Wildman–Crippen LogP) is 4.29. The van der Waals surface area contributed by atoms with Gasteiger partial charge in [-0.05, 0) is 49.3 Å². The summed E-state index contributed by atoms with van der Waals surface area (Å²) in [5.41, 5.74) is 4.16. The van der Waals surface area contributed by atoms with Crippen molar-refractivity contribution in [3.8, 4) is 0 Å². The molecule has 188 valence electrons. The molecule has 36 heavy (non-hydrogen) atoms. The third-order valence-electron chi connectivity index (χ3n) is 7.13. The van der Waals surface area contributed by atoms with Crippen LogP contribution in [0.3, 0.4) is 0 Å². The Hall–Kier alpha value is -3.28. The number of ketones is 1. The lowest BCUT2D eigenvalue weighted by atomic mass is 9.77. The highest BCUT2D eigenvalue weighted by atomic mass is 16.5. The van der Waals surface area contributed by atoms with E-state index in [1.165, 1.54) is 0 Å². The smallest absolute Gasteiger partial charge is 0.230 e. The van der Waals surface area contributed by atoms with E-state index in [1.54, 1.807) is 6.92 Å². The summed E-state index contributed by atoms with van der Waals surface area (Å²) in [5, 5.41) is 14.3. The molecule has 0 radical (unpaired) electrons.